The molecule has 0 aliphatic carbocycles. The maximum atomic E-state index is 5.61. The van der Waals surface area contributed by atoms with Crippen LogP contribution in [0.3, 0.4) is 0 Å². The lowest BCUT2D eigenvalue weighted by Gasteiger charge is -2.13. The summed E-state index contributed by atoms with van der Waals surface area (Å²) in [5, 5.41) is 6.32. The van der Waals surface area contributed by atoms with Crippen molar-refractivity contribution in [1.82, 2.24) is 15.6 Å². The monoisotopic (exact) mass is 262 g/mol. The second-order valence-corrected chi connectivity index (χ2v) is 3.91. The van der Waals surface area contributed by atoms with Crippen molar-refractivity contribution in [3.63, 3.8) is 0 Å². The maximum absolute atomic E-state index is 5.61. The average Bonchev–Trinajstić information content (AvgIpc) is 2.46. The van der Waals surface area contributed by atoms with Gasteiger partial charge in [0, 0.05) is 31.9 Å². The van der Waals surface area contributed by atoms with Crippen molar-refractivity contribution in [3.05, 3.63) is 36.5 Å². The Labute approximate surface area is 114 Å². The van der Waals surface area contributed by atoms with Crippen LogP contribution in [0.15, 0.2) is 36.0 Å². The number of aliphatic imine (C=N–C) groups is 1. The molecule has 0 aliphatic heterocycles. The lowest BCUT2D eigenvalue weighted by molar-refractivity contribution is 0.301. The van der Waals surface area contributed by atoms with Gasteiger partial charge in [-0.2, -0.15) is 0 Å². The van der Waals surface area contributed by atoms with E-state index in [0.29, 0.717) is 25.6 Å². The molecule has 0 atom stereocenters. The van der Waals surface area contributed by atoms with Crippen molar-refractivity contribution < 1.29 is 4.74 Å². The highest BCUT2D eigenvalue weighted by molar-refractivity contribution is 5.79. The molecular weight excluding hydrogens is 240 g/mol. The normalized spacial score (nSPS) is 10.9. The maximum Gasteiger partial charge on any atom is 0.218 e. The number of ether oxygens (including phenoxy) is 1. The van der Waals surface area contributed by atoms with Crippen LogP contribution in [0.25, 0.3) is 0 Å². The zero-order chi connectivity index (χ0) is 13.9. The topological polar surface area (TPSA) is 58.5 Å². The first kappa shape index (κ1) is 15.0. The molecule has 0 fully saturated rings. The molecule has 2 N–H and O–H groups in total. The molecule has 104 valence electrons. The van der Waals surface area contributed by atoms with Gasteiger partial charge in [0.05, 0.1) is 6.61 Å². The summed E-state index contributed by atoms with van der Waals surface area (Å²) in [6, 6.07) is 3.89. The SMILES string of the molecule is C=CCNC(=NC)NCc1cccnc1OCCC. The van der Waals surface area contributed by atoms with E-state index < -0.39 is 0 Å². The van der Waals surface area contributed by atoms with E-state index in [9.17, 15) is 0 Å². The van der Waals surface area contributed by atoms with Gasteiger partial charge in [-0.3, -0.25) is 4.99 Å². The number of hydrogen-bond acceptors (Lipinski definition) is 3. The van der Waals surface area contributed by atoms with Crippen LogP contribution in [0.4, 0.5) is 0 Å². The Bertz CT molecular complexity index is 418. The van der Waals surface area contributed by atoms with Crippen molar-refractivity contribution in [1.29, 1.82) is 0 Å². The van der Waals surface area contributed by atoms with Gasteiger partial charge in [-0.15, -0.1) is 6.58 Å². The van der Waals surface area contributed by atoms with Gasteiger partial charge >= 0.3 is 0 Å². The minimum absolute atomic E-state index is 0.615. The summed E-state index contributed by atoms with van der Waals surface area (Å²) in [5.41, 5.74) is 1.01. The minimum Gasteiger partial charge on any atom is -0.477 e. The number of guanidine groups is 1. The van der Waals surface area contributed by atoms with E-state index in [1.54, 1.807) is 19.3 Å². The molecule has 0 radical (unpaired) electrons. The van der Waals surface area contributed by atoms with Gasteiger partial charge in [0.1, 0.15) is 0 Å². The van der Waals surface area contributed by atoms with Gasteiger partial charge in [0.25, 0.3) is 0 Å². The molecule has 0 aliphatic rings. The molecule has 0 aromatic carbocycles. The highest BCUT2D eigenvalue weighted by atomic mass is 16.5. The smallest absolute Gasteiger partial charge is 0.218 e. The van der Waals surface area contributed by atoms with Crippen molar-refractivity contribution in [2.45, 2.75) is 19.9 Å². The fourth-order valence-corrected chi connectivity index (χ4v) is 1.46. The van der Waals surface area contributed by atoms with Crippen LogP contribution in [0.1, 0.15) is 18.9 Å². The van der Waals surface area contributed by atoms with Crippen LogP contribution in [-0.2, 0) is 6.54 Å². The Morgan fingerprint density at radius 2 is 2.37 bits per heavy atom. The summed E-state index contributed by atoms with van der Waals surface area (Å²) >= 11 is 0. The lowest BCUT2D eigenvalue weighted by atomic mass is 10.2. The number of nitrogens with zero attached hydrogens (tertiary/aromatic N) is 2. The summed E-state index contributed by atoms with van der Waals surface area (Å²) in [4.78, 5) is 8.36. The molecule has 19 heavy (non-hydrogen) atoms. The summed E-state index contributed by atoms with van der Waals surface area (Å²) < 4.78 is 5.61. The first-order chi connectivity index (χ1) is 9.31. The van der Waals surface area contributed by atoms with E-state index >= 15 is 0 Å². The molecule has 5 heteroatoms. The lowest BCUT2D eigenvalue weighted by Crippen LogP contribution is -2.36. The molecule has 0 spiro atoms. The summed E-state index contributed by atoms with van der Waals surface area (Å²) in [6.45, 7) is 7.69. The van der Waals surface area contributed by atoms with E-state index in [-0.39, 0.29) is 0 Å². The minimum atomic E-state index is 0.615. The van der Waals surface area contributed by atoms with Crippen molar-refractivity contribution in [2.24, 2.45) is 4.99 Å². The van der Waals surface area contributed by atoms with E-state index in [0.717, 1.165) is 17.9 Å². The van der Waals surface area contributed by atoms with Crippen molar-refractivity contribution in [3.8, 4) is 5.88 Å². The highest BCUT2D eigenvalue weighted by Gasteiger charge is 2.05. The third-order valence-corrected chi connectivity index (χ3v) is 2.38. The summed E-state index contributed by atoms with van der Waals surface area (Å²) in [5.74, 6) is 1.40. The number of pyridine rings is 1. The van der Waals surface area contributed by atoms with E-state index in [1.165, 1.54) is 0 Å². The van der Waals surface area contributed by atoms with Crippen LogP contribution < -0.4 is 15.4 Å². The van der Waals surface area contributed by atoms with Gasteiger partial charge in [0.2, 0.25) is 5.88 Å². The highest BCUT2D eigenvalue weighted by Crippen LogP contribution is 2.13. The van der Waals surface area contributed by atoms with Crippen LogP contribution in [0.2, 0.25) is 0 Å². The number of aromatic nitrogens is 1. The molecule has 5 nitrogen and oxygen atoms in total. The number of nitrogens with one attached hydrogen (secondary N) is 2. The summed E-state index contributed by atoms with van der Waals surface area (Å²) in [6.07, 6.45) is 4.48. The molecule has 1 aromatic heterocycles. The third kappa shape index (κ3) is 5.42. The molecule has 1 aromatic rings. The molecule has 1 rings (SSSR count). The van der Waals surface area contributed by atoms with E-state index in [1.807, 2.05) is 12.1 Å². The van der Waals surface area contributed by atoms with Crippen LogP contribution in [0.5, 0.6) is 5.88 Å². The molecule has 0 bridgehead atoms. The predicted molar refractivity (Wildman–Crippen MR) is 78.4 cm³/mol. The van der Waals surface area contributed by atoms with Crippen LogP contribution in [-0.4, -0.2) is 31.1 Å². The molecule has 0 saturated heterocycles. The van der Waals surface area contributed by atoms with Crippen LogP contribution >= 0.6 is 0 Å². The van der Waals surface area contributed by atoms with Gasteiger partial charge in [-0.25, -0.2) is 4.98 Å². The quantitative estimate of drug-likeness (QED) is 0.446. The van der Waals surface area contributed by atoms with Crippen molar-refractivity contribution in [2.75, 3.05) is 20.2 Å². The first-order valence-electron chi connectivity index (χ1n) is 6.44. The molecular formula is C14H22N4O. The predicted octanol–water partition coefficient (Wildman–Crippen LogP) is 1.72. The molecule has 1 heterocycles. The average molecular weight is 262 g/mol. The Kier molecular flexibility index (Phi) is 7.09. The van der Waals surface area contributed by atoms with Gasteiger partial charge in [-0.1, -0.05) is 19.1 Å². The van der Waals surface area contributed by atoms with E-state index in [2.05, 4.69) is 34.1 Å². The standard InChI is InChI=1S/C14H22N4O/c1-4-8-17-14(15-3)18-11-12-7-6-9-16-13(12)19-10-5-2/h4,6-7,9H,1,5,8,10-11H2,2-3H3,(H2,15,17,18). The largest absolute Gasteiger partial charge is 0.477 e. The fourth-order valence-electron chi connectivity index (χ4n) is 1.46. The van der Waals surface area contributed by atoms with Crippen molar-refractivity contribution >= 4 is 5.96 Å². The Balaban J connectivity index is 2.58. The van der Waals surface area contributed by atoms with Gasteiger partial charge < -0.3 is 15.4 Å². The number of hydrogen-bond donors (Lipinski definition) is 2. The zero-order valence-corrected chi connectivity index (χ0v) is 11.6. The van der Waals surface area contributed by atoms with E-state index in [4.69, 9.17) is 4.74 Å². The second-order valence-electron chi connectivity index (χ2n) is 3.91. The van der Waals surface area contributed by atoms with Gasteiger partial charge in [0.15, 0.2) is 5.96 Å². The zero-order valence-electron chi connectivity index (χ0n) is 11.6. The summed E-state index contributed by atoms with van der Waals surface area (Å²) in [7, 11) is 1.73. The molecule has 0 amide bonds. The Hall–Kier alpha value is -2.04. The Morgan fingerprint density at radius 3 is 3.05 bits per heavy atom. The third-order valence-electron chi connectivity index (χ3n) is 2.38. The first-order valence-corrected chi connectivity index (χ1v) is 6.44. The van der Waals surface area contributed by atoms with Crippen LogP contribution in [0, 0.1) is 0 Å². The molecule has 0 saturated carbocycles. The molecule has 0 unspecified atom stereocenters. The van der Waals surface area contributed by atoms with Gasteiger partial charge in [-0.05, 0) is 12.5 Å². The number of rotatable bonds is 7. The fraction of sp³-hybridized carbons (Fsp3) is 0.429. The second kappa shape index (κ2) is 8.97. The Morgan fingerprint density at radius 1 is 1.53 bits per heavy atom.